The first kappa shape index (κ1) is 22.4. The lowest BCUT2D eigenvalue weighted by Gasteiger charge is -2.38. The molecule has 36 heavy (non-hydrogen) atoms. The Morgan fingerprint density at radius 1 is 0.861 bits per heavy atom. The van der Waals surface area contributed by atoms with Gasteiger partial charge in [-0.3, -0.25) is 14.6 Å². The first-order chi connectivity index (χ1) is 17.6. The van der Waals surface area contributed by atoms with Gasteiger partial charge in [-0.2, -0.15) is 0 Å². The Morgan fingerprint density at radius 3 is 2.39 bits per heavy atom. The Kier molecular flexibility index (Phi) is 5.52. The van der Waals surface area contributed by atoms with Crippen molar-refractivity contribution < 1.29 is 14.3 Å². The highest BCUT2D eigenvalue weighted by Crippen LogP contribution is 2.45. The van der Waals surface area contributed by atoms with Gasteiger partial charge >= 0.3 is 0 Å². The highest BCUT2D eigenvalue weighted by molar-refractivity contribution is 6.38. The van der Waals surface area contributed by atoms with Crippen molar-refractivity contribution in [1.82, 2.24) is 0 Å². The van der Waals surface area contributed by atoms with E-state index >= 15 is 0 Å². The Labute approximate surface area is 211 Å². The van der Waals surface area contributed by atoms with Crippen LogP contribution in [0.15, 0.2) is 89.4 Å². The number of carbonyl (C=O) groups excluding carboxylic acids is 2. The summed E-state index contributed by atoms with van der Waals surface area (Å²) in [6, 6.07) is 23.5. The van der Waals surface area contributed by atoms with Gasteiger partial charge in [-0.15, -0.1) is 0 Å². The fourth-order valence-corrected chi connectivity index (χ4v) is 5.80. The van der Waals surface area contributed by atoms with E-state index in [0.717, 1.165) is 36.3 Å². The number of carbonyl (C=O) groups is 2. The molecule has 1 heterocycles. The van der Waals surface area contributed by atoms with Crippen molar-refractivity contribution in [1.29, 1.82) is 0 Å². The number of allylic oxidation sites excluding steroid dienone is 2. The molecule has 0 radical (unpaired) electrons. The van der Waals surface area contributed by atoms with E-state index in [1.807, 2.05) is 18.2 Å². The van der Waals surface area contributed by atoms with Crippen LogP contribution in [0.25, 0.3) is 11.6 Å². The molecule has 1 unspecified atom stereocenters. The minimum atomic E-state index is -0.328. The molecule has 0 saturated heterocycles. The Morgan fingerprint density at radius 2 is 1.58 bits per heavy atom. The van der Waals surface area contributed by atoms with Crippen LogP contribution in [0.1, 0.15) is 56.3 Å². The van der Waals surface area contributed by atoms with Crippen LogP contribution in [0.5, 0.6) is 0 Å². The number of rotatable bonds is 5. The SMILES string of the molecule is CC1=Cc2ccccc2CC1(CCc1ccccc1C1=CC(=O)c2ccccc2C1=O)C1=NCCO1. The van der Waals surface area contributed by atoms with E-state index in [9.17, 15) is 9.59 Å². The third kappa shape index (κ3) is 3.65. The molecule has 0 bridgehead atoms. The first-order valence-corrected chi connectivity index (χ1v) is 12.5. The summed E-state index contributed by atoms with van der Waals surface area (Å²) in [6.07, 6.45) is 6.13. The topological polar surface area (TPSA) is 55.7 Å². The largest absolute Gasteiger partial charge is 0.478 e. The average Bonchev–Trinajstić information content (AvgIpc) is 3.46. The highest BCUT2D eigenvalue weighted by atomic mass is 16.5. The second-order valence-electron chi connectivity index (χ2n) is 9.77. The number of hydrogen-bond donors (Lipinski definition) is 0. The van der Waals surface area contributed by atoms with Gasteiger partial charge < -0.3 is 4.74 Å². The number of benzene rings is 3. The van der Waals surface area contributed by atoms with Crippen LogP contribution in [0.4, 0.5) is 0 Å². The molecule has 1 aliphatic heterocycles. The van der Waals surface area contributed by atoms with E-state index in [1.54, 1.807) is 24.3 Å². The predicted molar refractivity (Wildman–Crippen MR) is 142 cm³/mol. The summed E-state index contributed by atoms with van der Waals surface area (Å²) in [7, 11) is 0. The van der Waals surface area contributed by atoms with E-state index in [0.29, 0.717) is 29.9 Å². The number of nitrogens with zero attached hydrogens (tertiary/aromatic N) is 1. The van der Waals surface area contributed by atoms with E-state index in [2.05, 4.69) is 43.3 Å². The van der Waals surface area contributed by atoms with Crippen molar-refractivity contribution >= 4 is 29.1 Å². The zero-order chi connectivity index (χ0) is 24.7. The number of hydrogen-bond acceptors (Lipinski definition) is 4. The second kappa shape index (κ2) is 8.87. The maximum Gasteiger partial charge on any atom is 0.194 e. The zero-order valence-corrected chi connectivity index (χ0v) is 20.3. The van der Waals surface area contributed by atoms with Gasteiger partial charge in [0.1, 0.15) is 6.61 Å². The summed E-state index contributed by atoms with van der Waals surface area (Å²) in [5.74, 6) is 0.599. The second-order valence-corrected chi connectivity index (χ2v) is 9.77. The van der Waals surface area contributed by atoms with Crippen molar-refractivity contribution in [2.45, 2.75) is 26.2 Å². The summed E-state index contributed by atoms with van der Waals surface area (Å²) in [5.41, 5.74) is 6.76. The lowest BCUT2D eigenvalue weighted by Crippen LogP contribution is -2.37. The summed E-state index contributed by atoms with van der Waals surface area (Å²) in [5, 5.41) is 0. The fourth-order valence-electron chi connectivity index (χ4n) is 5.80. The highest BCUT2D eigenvalue weighted by Gasteiger charge is 2.43. The summed E-state index contributed by atoms with van der Waals surface area (Å²) in [4.78, 5) is 31.0. The van der Waals surface area contributed by atoms with Gasteiger partial charge in [0.2, 0.25) is 0 Å². The molecular weight excluding hydrogens is 446 g/mol. The van der Waals surface area contributed by atoms with Gasteiger partial charge in [-0.05, 0) is 54.5 Å². The Balaban J connectivity index is 1.36. The number of Topliss-reactive ketones (excluding diaryl/α,β-unsaturated/α-hetero) is 1. The van der Waals surface area contributed by atoms with Gasteiger partial charge in [0.25, 0.3) is 0 Å². The Bertz CT molecular complexity index is 1490. The molecule has 0 saturated carbocycles. The predicted octanol–water partition coefficient (Wildman–Crippen LogP) is 6.16. The van der Waals surface area contributed by atoms with Crippen molar-refractivity contribution in [3.63, 3.8) is 0 Å². The molecule has 3 aromatic carbocycles. The molecule has 3 aromatic rings. The molecule has 4 heteroatoms. The number of ketones is 2. The van der Waals surface area contributed by atoms with Crippen LogP contribution in [-0.4, -0.2) is 30.6 Å². The normalized spacial score (nSPS) is 20.6. The van der Waals surface area contributed by atoms with Crippen molar-refractivity contribution in [2.75, 3.05) is 13.2 Å². The van der Waals surface area contributed by atoms with Crippen molar-refractivity contribution in [3.8, 4) is 0 Å². The van der Waals surface area contributed by atoms with Crippen LogP contribution in [-0.2, 0) is 17.6 Å². The maximum atomic E-state index is 13.4. The van der Waals surface area contributed by atoms with Crippen LogP contribution in [0.3, 0.4) is 0 Å². The maximum absolute atomic E-state index is 13.4. The molecule has 0 fully saturated rings. The summed E-state index contributed by atoms with van der Waals surface area (Å²) < 4.78 is 6.09. The Hall–Kier alpha value is -4.05. The van der Waals surface area contributed by atoms with Gasteiger partial charge in [-0.1, -0.05) is 84.4 Å². The summed E-state index contributed by atoms with van der Waals surface area (Å²) in [6.45, 7) is 3.48. The molecule has 4 nitrogen and oxygen atoms in total. The number of ether oxygens (including phenoxy) is 1. The molecule has 0 amide bonds. The van der Waals surface area contributed by atoms with Crippen molar-refractivity contribution in [2.24, 2.45) is 10.4 Å². The molecule has 2 aliphatic carbocycles. The van der Waals surface area contributed by atoms with Crippen LogP contribution >= 0.6 is 0 Å². The molecule has 0 spiro atoms. The standard InChI is InChI=1S/C32H27NO3/c1-21-18-23-9-2-3-10-24(23)20-32(21,31-33-16-17-36-31)15-14-22-8-4-5-11-25(22)28-19-29(34)26-12-6-7-13-27(26)30(28)35/h2-13,18-19H,14-17,20H2,1H3. The molecule has 0 aromatic heterocycles. The quantitative estimate of drug-likeness (QED) is 0.446. The molecule has 6 rings (SSSR count). The van der Waals surface area contributed by atoms with Crippen LogP contribution in [0, 0.1) is 5.41 Å². The zero-order valence-electron chi connectivity index (χ0n) is 20.3. The lowest BCUT2D eigenvalue weighted by atomic mass is 9.67. The van der Waals surface area contributed by atoms with Gasteiger partial charge in [0.05, 0.1) is 12.0 Å². The molecule has 0 N–H and O–H groups in total. The minimum Gasteiger partial charge on any atom is -0.478 e. The fraction of sp³-hybridized carbons (Fsp3) is 0.219. The first-order valence-electron chi connectivity index (χ1n) is 12.5. The van der Waals surface area contributed by atoms with Gasteiger partial charge in [0.15, 0.2) is 17.5 Å². The van der Waals surface area contributed by atoms with E-state index in [-0.39, 0.29) is 17.0 Å². The van der Waals surface area contributed by atoms with E-state index in [1.165, 1.54) is 22.8 Å². The summed E-state index contributed by atoms with van der Waals surface area (Å²) >= 11 is 0. The van der Waals surface area contributed by atoms with E-state index in [4.69, 9.17) is 9.73 Å². The number of aliphatic imine (C=N–C) groups is 1. The third-order valence-electron chi connectivity index (χ3n) is 7.75. The van der Waals surface area contributed by atoms with Gasteiger partial charge in [0, 0.05) is 16.7 Å². The van der Waals surface area contributed by atoms with Crippen LogP contribution < -0.4 is 0 Å². The number of aryl methyl sites for hydroxylation is 1. The third-order valence-corrected chi connectivity index (χ3v) is 7.75. The monoisotopic (exact) mass is 473 g/mol. The average molecular weight is 474 g/mol. The van der Waals surface area contributed by atoms with Crippen molar-refractivity contribution in [3.05, 3.63) is 118 Å². The van der Waals surface area contributed by atoms with Crippen LogP contribution in [0.2, 0.25) is 0 Å². The smallest absolute Gasteiger partial charge is 0.194 e. The molecule has 178 valence electrons. The lowest BCUT2D eigenvalue weighted by molar-refractivity contribution is 0.100. The number of fused-ring (bicyclic) bond motifs is 2. The van der Waals surface area contributed by atoms with Gasteiger partial charge in [-0.25, -0.2) is 0 Å². The molecular formula is C32H27NO3. The minimum absolute atomic E-state index is 0.0986. The molecule has 1 atom stereocenters. The van der Waals surface area contributed by atoms with E-state index < -0.39 is 0 Å². The molecule has 3 aliphatic rings.